The minimum atomic E-state index is -0.277. The van der Waals surface area contributed by atoms with Crippen molar-refractivity contribution in [1.82, 2.24) is 4.90 Å². The molecule has 1 N–H and O–H groups in total. The Bertz CT molecular complexity index is 727. The van der Waals surface area contributed by atoms with Crippen LogP contribution in [0.25, 0.3) is 0 Å². The molecule has 0 bridgehead atoms. The maximum Gasteiger partial charge on any atom is 0.322 e. The highest BCUT2D eigenvalue weighted by Crippen LogP contribution is 2.19. The number of hydrogen-bond acceptors (Lipinski definition) is 2. The molecule has 1 atom stereocenters. The fraction of sp³-hybridized carbons (Fsp3) is 0.381. The fourth-order valence-corrected chi connectivity index (χ4v) is 3.21. The third-order valence-electron chi connectivity index (χ3n) is 4.66. The van der Waals surface area contributed by atoms with E-state index in [0.29, 0.717) is 13.1 Å². The molecule has 0 spiro atoms. The van der Waals surface area contributed by atoms with Crippen LogP contribution in [0.4, 0.5) is 14.9 Å². The Balaban J connectivity index is 1.74. The fourth-order valence-electron chi connectivity index (χ4n) is 3.21. The molecular formula is C21H25FN2O2. The highest BCUT2D eigenvalue weighted by Gasteiger charge is 2.23. The minimum absolute atomic E-state index is 0.0580. The van der Waals surface area contributed by atoms with Gasteiger partial charge in [0, 0.05) is 25.4 Å². The second kappa shape index (κ2) is 8.81. The maximum atomic E-state index is 13.2. The van der Waals surface area contributed by atoms with Crippen molar-refractivity contribution in [2.24, 2.45) is 0 Å². The van der Waals surface area contributed by atoms with Crippen LogP contribution in [0.3, 0.4) is 0 Å². The number of halogens is 1. The number of benzene rings is 2. The Morgan fingerprint density at radius 3 is 2.69 bits per heavy atom. The number of carbonyl (C=O) groups is 1. The van der Waals surface area contributed by atoms with Gasteiger partial charge in [-0.3, -0.25) is 0 Å². The van der Waals surface area contributed by atoms with Crippen molar-refractivity contribution in [2.45, 2.75) is 38.8 Å². The Kier molecular flexibility index (Phi) is 6.23. The number of carbonyl (C=O) groups excluding carboxylic acids is 1. The van der Waals surface area contributed by atoms with Crippen molar-refractivity contribution in [3.8, 4) is 0 Å². The lowest BCUT2D eigenvalue weighted by molar-refractivity contribution is 0.0819. The van der Waals surface area contributed by atoms with E-state index in [0.717, 1.165) is 42.7 Å². The monoisotopic (exact) mass is 356 g/mol. The number of aryl methyl sites for hydroxylation is 1. The van der Waals surface area contributed by atoms with E-state index >= 15 is 0 Å². The normalized spacial score (nSPS) is 16.5. The molecule has 1 aliphatic rings. The van der Waals surface area contributed by atoms with Crippen LogP contribution in [0.1, 0.15) is 30.9 Å². The zero-order valence-electron chi connectivity index (χ0n) is 15.1. The van der Waals surface area contributed by atoms with Crippen molar-refractivity contribution in [2.75, 3.05) is 18.5 Å². The first-order chi connectivity index (χ1) is 12.7. The third-order valence-corrected chi connectivity index (χ3v) is 4.66. The zero-order valence-corrected chi connectivity index (χ0v) is 15.1. The van der Waals surface area contributed by atoms with Crippen molar-refractivity contribution in [1.29, 1.82) is 0 Å². The van der Waals surface area contributed by atoms with Crippen LogP contribution < -0.4 is 5.32 Å². The lowest BCUT2D eigenvalue weighted by Gasteiger charge is -2.26. The summed E-state index contributed by atoms with van der Waals surface area (Å²) in [6.45, 7) is 3.75. The summed E-state index contributed by atoms with van der Waals surface area (Å²) >= 11 is 0. The van der Waals surface area contributed by atoms with Gasteiger partial charge in [0.05, 0.1) is 6.10 Å². The van der Waals surface area contributed by atoms with E-state index in [4.69, 9.17) is 4.74 Å². The van der Waals surface area contributed by atoms with Gasteiger partial charge in [-0.2, -0.15) is 0 Å². The topological polar surface area (TPSA) is 41.6 Å². The molecule has 1 saturated heterocycles. The number of para-hydroxylation sites is 1. The van der Waals surface area contributed by atoms with Crippen LogP contribution in [0, 0.1) is 5.82 Å². The number of nitrogens with zero attached hydrogens (tertiary/aromatic N) is 1. The number of hydrogen-bond donors (Lipinski definition) is 1. The van der Waals surface area contributed by atoms with E-state index in [1.165, 1.54) is 12.1 Å². The average molecular weight is 356 g/mol. The van der Waals surface area contributed by atoms with E-state index in [1.54, 1.807) is 17.0 Å². The Morgan fingerprint density at radius 2 is 2.00 bits per heavy atom. The van der Waals surface area contributed by atoms with Gasteiger partial charge >= 0.3 is 6.03 Å². The van der Waals surface area contributed by atoms with Gasteiger partial charge in [0.2, 0.25) is 0 Å². The van der Waals surface area contributed by atoms with E-state index < -0.39 is 0 Å². The second-order valence-electron chi connectivity index (χ2n) is 6.58. The summed E-state index contributed by atoms with van der Waals surface area (Å²) in [7, 11) is 0. The smallest absolute Gasteiger partial charge is 0.322 e. The summed E-state index contributed by atoms with van der Waals surface area (Å²) in [5, 5.41) is 3.02. The number of amides is 2. The largest absolute Gasteiger partial charge is 0.376 e. The second-order valence-corrected chi connectivity index (χ2v) is 6.58. The molecule has 138 valence electrons. The lowest BCUT2D eigenvalue weighted by Crippen LogP contribution is -2.39. The highest BCUT2D eigenvalue weighted by atomic mass is 19.1. The van der Waals surface area contributed by atoms with E-state index in [-0.39, 0.29) is 18.0 Å². The van der Waals surface area contributed by atoms with E-state index in [2.05, 4.69) is 12.2 Å². The molecule has 3 rings (SSSR count). The van der Waals surface area contributed by atoms with Gasteiger partial charge in [0.25, 0.3) is 0 Å². The molecule has 0 saturated carbocycles. The van der Waals surface area contributed by atoms with E-state index in [1.807, 2.05) is 24.3 Å². The number of urea groups is 1. The third kappa shape index (κ3) is 4.82. The Labute approximate surface area is 154 Å². The predicted octanol–water partition coefficient (Wildman–Crippen LogP) is 4.60. The molecule has 1 aliphatic heterocycles. The van der Waals surface area contributed by atoms with Gasteiger partial charge < -0.3 is 15.0 Å². The first kappa shape index (κ1) is 18.4. The molecule has 4 nitrogen and oxygen atoms in total. The number of ether oxygens (including phenoxy) is 1. The van der Waals surface area contributed by atoms with Crippen molar-refractivity contribution in [3.63, 3.8) is 0 Å². The molecule has 0 radical (unpaired) electrons. The van der Waals surface area contributed by atoms with Gasteiger partial charge in [0.15, 0.2) is 0 Å². The summed E-state index contributed by atoms with van der Waals surface area (Å²) in [4.78, 5) is 14.7. The molecule has 5 heteroatoms. The molecule has 0 aliphatic carbocycles. The van der Waals surface area contributed by atoms with Crippen molar-refractivity contribution < 1.29 is 13.9 Å². The molecule has 2 aromatic carbocycles. The molecule has 2 amide bonds. The quantitative estimate of drug-likeness (QED) is 0.822. The first-order valence-corrected chi connectivity index (χ1v) is 9.15. The number of nitrogens with one attached hydrogen (secondary N) is 1. The van der Waals surface area contributed by atoms with Crippen LogP contribution in [0.2, 0.25) is 0 Å². The van der Waals surface area contributed by atoms with Crippen LogP contribution in [0.15, 0.2) is 48.5 Å². The van der Waals surface area contributed by atoms with Crippen molar-refractivity contribution in [3.05, 3.63) is 65.5 Å². The summed E-state index contributed by atoms with van der Waals surface area (Å²) in [6, 6.07) is 13.9. The minimum Gasteiger partial charge on any atom is -0.376 e. The van der Waals surface area contributed by atoms with Crippen LogP contribution in [0.5, 0.6) is 0 Å². The molecule has 2 aromatic rings. The lowest BCUT2D eigenvalue weighted by atomic mass is 10.1. The number of rotatable bonds is 6. The van der Waals surface area contributed by atoms with Crippen molar-refractivity contribution >= 4 is 11.7 Å². The van der Waals surface area contributed by atoms with E-state index in [9.17, 15) is 9.18 Å². The first-order valence-electron chi connectivity index (χ1n) is 9.15. The van der Waals surface area contributed by atoms with Gasteiger partial charge in [-0.1, -0.05) is 37.3 Å². The molecular weight excluding hydrogens is 331 g/mol. The predicted molar refractivity (Wildman–Crippen MR) is 101 cm³/mol. The standard InChI is InChI=1S/C21H25FN2O2/c1-2-17-6-3-4-8-20(17)23-21(25)24(15-19-7-5-13-26-19)14-16-9-11-18(22)12-10-16/h3-4,6,8-12,19H,2,5,7,13-15H2,1H3,(H,23,25)/t19-/m0/s1. The molecule has 0 aromatic heterocycles. The number of anilines is 1. The zero-order chi connectivity index (χ0) is 18.4. The summed E-state index contributed by atoms with van der Waals surface area (Å²) < 4.78 is 18.9. The molecule has 1 heterocycles. The SMILES string of the molecule is CCc1ccccc1NC(=O)N(Cc1ccc(F)cc1)C[C@@H]1CCCO1. The summed E-state index contributed by atoms with van der Waals surface area (Å²) in [5.74, 6) is -0.277. The molecule has 0 unspecified atom stereocenters. The van der Waals surface area contributed by atoms with Crippen LogP contribution in [-0.4, -0.2) is 30.2 Å². The highest BCUT2D eigenvalue weighted by molar-refractivity contribution is 5.90. The summed E-state index contributed by atoms with van der Waals surface area (Å²) in [6.07, 6.45) is 2.89. The molecule has 1 fully saturated rings. The maximum absolute atomic E-state index is 13.2. The van der Waals surface area contributed by atoms with Gasteiger partial charge in [-0.05, 0) is 48.6 Å². The Hall–Kier alpha value is -2.40. The van der Waals surface area contributed by atoms with Gasteiger partial charge in [0.1, 0.15) is 5.82 Å². The van der Waals surface area contributed by atoms with Gasteiger partial charge in [-0.25, -0.2) is 9.18 Å². The van der Waals surface area contributed by atoms with Crippen LogP contribution >= 0.6 is 0 Å². The van der Waals surface area contributed by atoms with Gasteiger partial charge in [-0.15, -0.1) is 0 Å². The van der Waals surface area contributed by atoms with Crippen LogP contribution in [-0.2, 0) is 17.7 Å². The summed E-state index contributed by atoms with van der Waals surface area (Å²) in [5.41, 5.74) is 2.82. The Morgan fingerprint density at radius 1 is 1.23 bits per heavy atom. The average Bonchev–Trinajstić information content (AvgIpc) is 3.16. The molecule has 26 heavy (non-hydrogen) atoms.